The van der Waals surface area contributed by atoms with Crippen LogP contribution in [0.3, 0.4) is 0 Å². The molecule has 0 aliphatic carbocycles. The number of nitrogens with zero attached hydrogens (tertiary/aromatic N) is 3. The Balaban J connectivity index is 1.96. The molecule has 5 heteroatoms. The van der Waals surface area contributed by atoms with Crippen molar-refractivity contribution >= 4 is 17.5 Å². The summed E-state index contributed by atoms with van der Waals surface area (Å²) in [4.78, 5) is 15.4. The summed E-state index contributed by atoms with van der Waals surface area (Å²) in [6.07, 6.45) is 1.60. The Kier molecular flexibility index (Phi) is 6.71. The molecule has 0 aliphatic heterocycles. The lowest BCUT2D eigenvalue weighted by molar-refractivity contribution is 0.103. The fourth-order valence-electron chi connectivity index (χ4n) is 3.83. The molecule has 0 saturated heterocycles. The van der Waals surface area contributed by atoms with Gasteiger partial charge in [-0.1, -0.05) is 24.3 Å². The first-order valence-electron chi connectivity index (χ1n) is 10.4. The van der Waals surface area contributed by atoms with Crippen LogP contribution in [0.5, 0.6) is 0 Å². The third-order valence-electron chi connectivity index (χ3n) is 5.47. The molecule has 0 aliphatic rings. The average molecular weight is 416 g/mol. The normalized spacial score (nSPS) is 11.3. The van der Waals surface area contributed by atoms with Gasteiger partial charge >= 0.3 is 0 Å². The second-order valence-electron chi connectivity index (χ2n) is 7.33. The zero-order valence-corrected chi connectivity index (χ0v) is 18.3. The predicted molar refractivity (Wildman–Crippen MR) is 123 cm³/mol. The number of aryl methyl sites for hydroxylation is 1. The van der Waals surface area contributed by atoms with E-state index in [0.29, 0.717) is 16.9 Å². The Morgan fingerprint density at radius 3 is 2.32 bits per heavy atom. The van der Waals surface area contributed by atoms with Crippen molar-refractivity contribution in [2.75, 3.05) is 18.0 Å². The van der Waals surface area contributed by atoms with Crippen LogP contribution in [-0.2, 0) is 0 Å². The number of nitriles is 1. The lowest BCUT2D eigenvalue weighted by Crippen LogP contribution is -2.21. The van der Waals surface area contributed by atoms with E-state index in [0.717, 1.165) is 30.0 Å². The summed E-state index contributed by atoms with van der Waals surface area (Å²) in [6.45, 7) is 9.60. The highest BCUT2D eigenvalue weighted by atomic mass is 19.1. The maximum absolute atomic E-state index is 14.3. The van der Waals surface area contributed by atoms with Crippen LogP contribution >= 0.6 is 0 Å². The summed E-state index contributed by atoms with van der Waals surface area (Å²) in [5, 5.41) is 9.65. The van der Waals surface area contributed by atoms with Crippen LogP contribution in [0.2, 0.25) is 0 Å². The van der Waals surface area contributed by atoms with Crippen LogP contribution in [0.4, 0.5) is 10.1 Å². The molecule has 31 heavy (non-hydrogen) atoms. The summed E-state index contributed by atoms with van der Waals surface area (Å²) < 4.78 is 16.0. The molecule has 3 rings (SSSR count). The first kappa shape index (κ1) is 22.0. The van der Waals surface area contributed by atoms with Crippen molar-refractivity contribution in [2.45, 2.75) is 27.7 Å². The number of aromatic nitrogens is 1. The molecule has 1 aromatic heterocycles. The van der Waals surface area contributed by atoms with Crippen molar-refractivity contribution in [1.29, 1.82) is 5.26 Å². The lowest BCUT2D eigenvalue weighted by atomic mass is 10.0. The maximum Gasteiger partial charge on any atom is 0.205 e. The Labute approximate surface area is 182 Å². The van der Waals surface area contributed by atoms with Crippen molar-refractivity contribution in [3.05, 3.63) is 88.5 Å². The van der Waals surface area contributed by atoms with E-state index in [1.165, 1.54) is 6.07 Å². The molecule has 158 valence electrons. The Morgan fingerprint density at radius 2 is 1.74 bits per heavy atom. The van der Waals surface area contributed by atoms with E-state index in [1.54, 1.807) is 41.8 Å². The molecule has 0 radical (unpaired) electrons. The Bertz CT molecular complexity index is 1160. The number of hydrogen-bond acceptors (Lipinski definition) is 3. The SMILES string of the molecule is CCN(CC)c1ccc(/C=C(\C#N)C(=O)c2cc(C)n(-c3ccccc3F)c2C)cc1. The number of hydrogen-bond donors (Lipinski definition) is 0. The topological polar surface area (TPSA) is 49.0 Å². The number of halogens is 1. The molecule has 2 aromatic carbocycles. The molecule has 0 fully saturated rings. The lowest BCUT2D eigenvalue weighted by Gasteiger charge is -2.20. The van der Waals surface area contributed by atoms with Crippen LogP contribution in [0.1, 0.15) is 41.2 Å². The van der Waals surface area contributed by atoms with Gasteiger partial charge in [0.15, 0.2) is 0 Å². The van der Waals surface area contributed by atoms with Crippen LogP contribution in [0.15, 0.2) is 60.2 Å². The first-order chi connectivity index (χ1) is 14.9. The second kappa shape index (κ2) is 9.44. The average Bonchev–Trinajstić information content (AvgIpc) is 3.07. The molecule has 3 aromatic rings. The van der Waals surface area contributed by atoms with Crippen molar-refractivity contribution in [1.82, 2.24) is 4.57 Å². The molecule has 0 N–H and O–H groups in total. The third kappa shape index (κ3) is 4.44. The minimum Gasteiger partial charge on any atom is -0.372 e. The molecule has 0 saturated carbocycles. The quantitative estimate of drug-likeness (QED) is 0.275. The van der Waals surface area contributed by atoms with E-state index in [2.05, 4.69) is 18.7 Å². The Hall–Kier alpha value is -3.65. The standard InChI is InChI=1S/C26H26FN3O/c1-5-29(6-2)22-13-11-20(12-14-22)16-21(17-28)26(31)23-15-18(3)30(19(23)4)25-10-8-7-9-24(25)27/h7-16H,5-6H2,1-4H3/b21-16+. The number of benzene rings is 2. The fraction of sp³-hybridized carbons (Fsp3) is 0.231. The first-order valence-corrected chi connectivity index (χ1v) is 10.4. The molecule has 0 atom stereocenters. The number of para-hydroxylation sites is 1. The van der Waals surface area contributed by atoms with E-state index < -0.39 is 0 Å². The number of carbonyl (C=O) groups excluding carboxylic acids is 1. The number of allylic oxidation sites excluding steroid dienone is 1. The summed E-state index contributed by atoms with van der Waals surface area (Å²) in [5.74, 6) is -0.737. The van der Waals surface area contributed by atoms with Gasteiger partial charge in [-0.15, -0.1) is 0 Å². The molecule has 0 unspecified atom stereocenters. The smallest absolute Gasteiger partial charge is 0.205 e. The zero-order chi connectivity index (χ0) is 22.5. The van der Waals surface area contributed by atoms with Crippen LogP contribution < -0.4 is 4.90 Å². The summed E-state index contributed by atoms with van der Waals surface area (Å²) >= 11 is 0. The highest BCUT2D eigenvalue weighted by Crippen LogP contribution is 2.25. The van der Waals surface area contributed by atoms with Gasteiger partial charge < -0.3 is 9.47 Å². The number of ketones is 1. The van der Waals surface area contributed by atoms with Crippen molar-refractivity contribution in [2.24, 2.45) is 0 Å². The molecule has 0 spiro atoms. The minimum atomic E-state index is -0.369. The highest BCUT2D eigenvalue weighted by molar-refractivity contribution is 6.14. The Morgan fingerprint density at radius 1 is 1.10 bits per heavy atom. The van der Waals surface area contributed by atoms with E-state index in [9.17, 15) is 14.4 Å². The van der Waals surface area contributed by atoms with Gasteiger partial charge in [-0.05, 0) is 69.7 Å². The van der Waals surface area contributed by atoms with Crippen molar-refractivity contribution < 1.29 is 9.18 Å². The van der Waals surface area contributed by atoms with Gasteiger partial charge in [0.2, 0.25) is 5.78 Å². The van der Waals surface area contributed by atoms with E-state index in [1.807, 2.05) is 37.3 Å². The zero-order valence-electron chi connectivity index (χ0n) is 18.3. The monoisotopic (exact) mass is 415 g/mol. The molecule has 4 nitrogen and oxygen atoms in total. The van der Waals surface area contributed by atoms with Gasteiger partial charge in [-0.2, -0.15) is 5.26 Å². The van der Waals surface area contributed by atoms with E-state index in [-0.39, 0.29) is 17.2 Å². The fourth-order valence-corrected chi connectivity index (χ4v) is 3.83. The van der Waals surface area contributed by atoms with Crippen molar-refractivity contribution in [3.63, 3.8) is 0 Å². The van der Waals surface area contributed by atoms with Crippen LogP contribution in [0, 0.1) is 31.0 Å². The maximum atomic E-state index is 14.3. The summed E-state index contributed by atoms with van der Waals surface area (Å²) in [7, 11) is 0. The second-order valence-corrected chi connectivity index (χ2v) is 7.33. The summed E-state index contributed by atoms with van der Waals surface area (Å²) in [6, 6.07) is 18.0. The van der Waals surface area contributed by atoms with Crippen LogP contribution in [-0.4, -0.2) is 23.4 Å². The van der Waals surface area contributed by atoms with Gasteiger partial charge in [0.05, 0.1) is 5.69 Å². The number of carbonyl (C=O) groups is 1. The van der Waals surface area contributed by atoms with E-state index >= 15 is 0 Å². The van der Waals surface area contributed by atoms with Gasteiger partial charge in [0.25, 0.3) is 0 Å². The largest absolute Gasteiger partial charge is 0.372 e. The van der Waals surface area contributed by atoms with Crippen molar-refractivity contribution in [3.8, 4) is 11.8 Å². The van der Waals surface area contributed by atoms with Crippen LogP contribution in [0.25, 0.3) is 11.8 Å². The third-order valence-corrected chi connectivity index (χ3v) is 5.47. The number of Topliss-reactive ketones (excluding diaryl/α,β-unsaturated/α-hetero) is 1. The summed E-state index contributed by atoms with van der Waals surface area (Å²) in [5.41, 5.74) is 4.03. The predicted octanol–water partition coefficient (Wildman–Crippen LogP) is 5.87. The molecular weight excluding hydrogens is 389 g/mol. The number of rotatable bonds is 7. The molecule has 0 amide bonds. The highest BCUT2D eigenvalue weighted by Gasteiger charge is 2.21. The van der Waals surface area contributed by atoms with Gasteiger partial charge in [-0.25, -0.2) is 4.39 Å². The van der Waals surface area contributed by atoms with Gasteiger partial charge in [-0.3, -0.25) is 4.79 Å². The molecule has 1 heterocycles. The minimum absolute atomic E-state index is 0.0457. The van der Waals surface area contributed by atoms with Gasteiger partial charge in [0, 0.05) is 35.7 Å². The molecule has 0 bridgehead atoms. The molecular formula is C26H26FN3O. The number of anilines is 1. The van der Waals surface area contributed by atoms with Gasteiger partial charge in [0.1, 0.15) is 17.5 Å². The van der Waals surface area contributed by atoms with E-state index in [4.69, 9.17) is 0 Å².